The van der Waals surface area contributed by atoms with E-state index in [9.17, 15) is 9.59 Å². The molecule has 0 saturated carbocycles. The minimum atomic E-state index is -0.654. The molecule has 0 saturated heterocycles. The fourth-order valence-electron chi connectivity index (χ4n) is 1.40. The molecule has 4 nitrogen and oxygen atoms in total. The van der Waals surface area contributed by atoms with Crippen molar-refractivity contribution < 1.29 is 13.9 Å². The highest BCUT2D eigenvalue weighted by Crippen LogP contribution is 2.17. The smallest absolute Gasteiger partial charge is 0.379 e. The van der Waals surface area contributed by atoms with Crippen LogP contribution in [0.2, 0.25) is 0 Å². The minimum absolute atomic E-state index is 0.0615. The number of fused-ring (bicyclic) bond motifs is 1. The average molecular weight is 232 g/mol. The summed E-state index contributed by atoms with van der Waals surface area (Å²) in [6, 6.07) is 8.71. The minimum Gasteiger partial charge on any atom is -0.476 e. The summed E-state index contributed by atoms with van der Waals surface area (Å²) in [5.74, 6) is -0.0797. The summed E-state index contributed by atoms with van der Waals surface area (Å²) in [5.41, 5.74) is -0.0721. The molecule has 1 aromatic heterocycles. The number of carbonyl (C=O) groups excluding carboxylic acids is 1. The molecule has 0 fully saturated rings. The van der Waals surface area contributed by atoms with Crippen LogP contribution < -0.4 is 10.4 Å². The largest absolute Gasteiger partial charge is 0.476 e. The van der Waals surface area contributed by atoms with Gasteiger partial charge in [-0.15, -0.1) is 0 Å². The van der Waals surface area contributed by atoms with Crippen molar-refractivity contribution >= 4 is 16.8 Å². The second-order valence-corrected chi connectivity index (χ2v) is 3.81. The molecule has 1 unspecified atom stereocenters. The number of benzene rings is 1. The Labute approximate surface area is 97.8 Å². The molecular weight excluding hydrogens is 220 g/mol. The van der Waals surface area contributed by atoms with E-state index in [-0.39, 0.29) is 11.5 Å². The molecule has 1 aromatic carbocycles. The van der Waals surface area contributed by atoms with E-state index in [1.165, 1.54) is 6.92 Å². The normalized spacial score (nSPS) is 12.4. The molecule has 0 spiro atoms. The molecule has 0 aliphatic rings. The van der Waals surface area contributed by atoms with E-state index >= 15 is 0 Å². The SMILES string of the molecule is CC(=O)C(C)Oc1cc2ccccc2oc1=O. The third-order valence-electron chi connectivity index (χ3n) is 2.49. The number of rotatable bonds is 3. The van der Waals surface area contributed by atoms with Crippen LogP contribution in [0.1, 0.15) is 13.8 Å². The summed E-state index contributed by atoms with van der Waals surface area (Å²) in [7, 11) is 0. The Balaban J connectivity index is 2.44. The maximum Gasteiger partial charge on any atom is 0.379 e. The Morgan fingerprint density at radius 3 is 2.76 bits per heavy atom. The van der Waals surface area contributed by atoms with Crippen LogP contribution in [0.4, 0.5) is 0 Å². The predicted octanol–water partition coefficient (Wildman–Crippen LogP) is 2.15. The van der Waals surface area contributed by atoms with E-state index in [2.05, 4.69) is 0 Å². The first kappa shape index (κ1) is 11.4. The van der Waals surface area contributed by atoms with Gasteiger partial charge in [0, 0.05) is 5.39 Å². The molecule has 88 valence electrons. The lowest BCUT2D eigenvalue weighted by Gasteiger charge is -2.10. The number of ether oxygens (including phenoxy) is 1. The van der Waals surface area contributed by atoms with Gasteiger partial charge >= 0.3 is 5.63 Å². The number of para-hydroxylation sites is 1. The quantitative estimate of drug-likeness (QED) is 0.761. The van der Waals surface area contributed by atoms with Crippen molar-refractivity contribution in [1.29, 1.82) is 0 Å². The Morgan fingerprint density at radius 2 is 2.06 bits per heavy atom. The topological polar surface area (TPSA) is 56.5 Å². The summed E-state index contributed by atoms with van der Waals surface area (Å²) in [6.45, 7) is 3.00. The van der Waals surface area contributed by atoms with Crippen LogP contribution in [0.5, 0.6) is 5.75 Å². The maximum atomic E-state index is 11.6. The van der Waals surface area contributed by atoms with Crippen LogP contribution in [-0.2, 0) is 4.79 Å². The van der Waals surface area contributed by atoms with Gasteiger partial charge in [-0.25, -0.2) is 4.79 Å². The Kier molecular flexibility index (Phi) is 2.95. The van der Waals surface area contributed by atoms with Crippen LogP contribution in [0.3, 0.4) is 0 Å². The van der Waals surface area contributed by atoms with Gasteiger partial charge in [0.05, 0.1) is 0 Å². The van der Waals surface area contributed by atoms with Gasteiger partial charge in [-0.3, -0.25) is 4.79 Å². The van der Waals surface area contributed by atoms with Crippen molar-refractivity contribution in [3.63, 3.8) is 0 Å². The second-order valence-electron chi connectivity index (χ2n) is 3.81. The molecule has 0 aliphatic heterocycles. The van der Waals surface area contributed by atoms with Crippen LogP contribution in [-0.4, -0.2) is 11.9 Å². The van der Waals surface area contributed by atoms with Crippen molar-refractivity contribution in [2.75, 3.05) is 0 Å². The summed E-state index contributed by atoms with van der Waals surface area (Å²) in [6.07, 6.45) is -0.654. The van der Waals surface area contributed by atoms with E-state index < -0.39 is 11.7 Å². The first-order valence-electron chi connectivity index (χ1n) is 5.28. The predicted molar refractivity (Wildman–Crippen MR) is 63.3 cm³/mol. The number of hydrogen-bond acceptors (Lipinski definition) is 4. The van der Waals surface area contributed by atoms with E-state index in [1.807, 2.05) is 12.1 Å². The van der Waals surface area contributed by atoms with Gasteiger partial charge in [0.25, 0.3) is 0 Å². The Morgan fingerprint density at radius 1 is 1.35 bits per heavy atom. The standard InChI is InChI=1S/C13H12O4/c1-8(14)9(2)16-12-7-10-5-3-4-6-11(10)17-13(12)15/h3-7,9H,1-2H3. The van der Waals surface area contributed by atoms with Gasteiger partial charge in [-0.1, -0.05) is 18.2 Å². The first-order chi connectivity index (χ1) is 8.08. The van der Waals surface area contributed by atoms with Gasteiger partial charge in [-0.2, -0.15) is 0 Å². The highest BCUT2D eigenvalue weighted by atomic mass is 16.5. The number of Topliss-reactive ketones (excluding diaryl/α,β-unsaturated/α-hetero) is 1. The van der Waals surface area contributed by atoms with Crippen LogP contribution in [0.15, 0.2) is 39.5 Å². The van der Waals surface area contributed by atoms with Crippen molar-refractivity contribution in [1.82, 2.24) is 0 Å². The van der Waals surface area contributed by atoms with Gasteiger partial charge in [0.2, 0.25) is 5.75 Å². The fraction of sp³-hybridized carbons (Fsp3) is 0.231. The Hall–Kier alpha value is -2.10. The van der Waals surface area contributed by atoms with Gasteiger partial charge in [-0.05, 0) is 26.0 Å². The van der Waals surface area contributed by atoms with Crippen molar-refractivity contribution in [2.45, 2.75) is 20.0 Å². The zero-order chi connectivity index (χ0) is 12.4. The molecule has 4 heteroatoms. The molecule has 0 bridgehead atoms. The van der Waals surface area contributed by atoms with Crippen LogP contribution in [0, 0.1) is 0 Å². The average Bonchev–Trinajstić information content (AvgIpc) is 2.29. The van der Waals surface area contributed by atoms with E-state index in [4.69, 9.17) is 9.15 Å². The van der Waals surface area contributed by atoms with Crippen LogP contribution in [0.25, 0.3) is 11.0 Å². The van der Waals surface area contributed by atoms with Gasteiger partial charge < -0.3 is 9.15 Å². The summed E-state index contributed by atoms with van der Waals surface area (Å²) in [5, 5.41) is 0.762. The van der Waals surface area contributed by atoms with Gasteiger partial charge in [0.15, 0.2) is 11.9 Å². The molecule has 1 atom stereocenters. The third kappa shape index (κ3) is 2.36. The molecular formula is C13H12O4. The molecule has 17 heavy (non-hydrogen) atoms. The lowest BCUT2D eigenvalue weighted by molar-refractivity contribution is -0.122. The van der Waals surface area contributed by atoms with E-state index in [0.29, 0.717) is 5.58 Å². The summed E-state index contributed by atoms with van der Waals surface area (Å²) >= 11 is 0. The maximum absolute atomic E-state index is 11.6. The van der Waals surface area contributed by atoms with E-state index in [1.54, 1.807) is 25.1 Å². The molecule has 0 aliphatic carbocycles. The van der Waals surface area contributed by atoms with Gasteiger partial charge in [0.1, 0.15) is 5.58 Å². The zero-order valence-corrected chi connectivity index (χ0v) is 9.60. The molecule has 0 radical (unpaired) electrons. The van der Waals surface area contributed by atoms with Crippen molar-refractivity contribution in [3.05, 3.63) is 40.8 Å². The fourth-order valence-corrected chi connectivity index (χ4v) is 1.40. The number of carbonyl (C=O) groups is 1. The lowest BCUT2D eigenvalue weighted by Crippen LogP contribution is -2.23. The lowest BCUT2D eigenvalue weighted by atomic mass is 10.2. The molecule has 2 aromatic rings. The Bertz CT molecular complexity index is 612. The van der Waals surface area contributed by atoms with Crippen molar-refractivity contribution in [2.24, 2.45) is 0 Å². The van der Waals surface area contributed by atoms with Crippen molar-refractivity contribution in [3.8, 4) is 5.75 Å². The molecule has 0 amide bonds. The summed E-state index contributed by atoms with van der Waals surface area (Å²) < 4.78 is 10.3. The summed E-state index contributed by atoms with van der Waals surface area (Å²) in [4.78, 5) is 22.7. The highest BCUT2D eigenvalue weighted by molar-refractivity contribution is 5.81. The zero-order valence-electron chi connectivity index (χ0n) is 9.60. The highest BCUT2D eigenvalue weighted by Gasteiger charge is 2.13. The molecule has 2 rings (SSSR count). The molecule has 0 N–H and O–H groups in total. The monoisotopic (exact) mass is 232 g/mol. The molecule has 1 heterocycles. The third-order valence-corrected chi connectivity index (χ3v) is 2.49. The van der Waals surface area contributed by atoms with E-state index in [0.717, 1.165) is 5.39 Å². The number of ketones is 1. The number of hydrogen-bond donors (Lipinski definition) is 0. The first-order valence-corrected chi connectivity index (χ1v) is 5.28. The van der Waals surface area contributed by atoms with Crippen LogP contribution >= 0.6 is 0 Å². The second kappa shape index (κ2) is 4.41.